The van der Waals surface area contributed by atoms with Crippen LogP contribution in [0.4, 0.5) is 0 Å². The van der Waals surface area contributed by atoms with E-state index in [-0.39, 0.29) is 6.04 Å². The fourth-order valence-electron chi connectivity index (χ4n) is 2.44. The number of nitrogens with zero attached hydrogens (tertiary/aromatic N) is 1. The van der Waals surface area contributed by atoms with Crippen molar-refractivity contribution in [3.8, 4) is 0 Å². The minimum atomic E-state index is 0.170. The van der Waals surface area contributed by atoms with Crippen molar-refractivity contribution in [3.05, 3.63) is 62.4 Å². The lowest BCUT2D eigenvalue weighted by atomic mass is 10.0. The van der Waals surface area contributed by atoms with Crippen molar-refractivity contribution in [2.75, 3.05) is 7.05 Å². The van der Waals surface area contributed by atoms with E-state index in [1.165, 1.54) is 25.2 Å². The number of aryl methyl sites for hydroxylation is 1. The van der Waals surface area contributed by atoms with Crippen LogP contribution in [0.15, 0.2) is 46.4 Å². The average Bonchev–Trinajstić information content (AvgIpc) is 2.79. The Kier molecular flexibility index (Phi) is 3.87. The molecule has 3 rings (SSSR count). The van der Waals surface area contributed by atoms with Crippen LogP contribution in [0.25, 0.3) is 10.9 Å². The molecule has 1 atom stereocenters. The summed E-state index contributed by atoms with van der Waals surface area (Å²) in [5.74, 6) is 0. The van der Waals surface area contributed by atoms with Gasteiger partial charge in [-0.2, -0.15) is 0 Å². The molecule has 4 heteroatoms. The zero-order chi connectivity index (χ0) is 14.1. The third kappa shape index (κ3) is 2.39. The largest absolute Gasteiger partial charge is 0.309 e. The van der Waals surface area contributed by atoms with Gasteiger partial charge in [-0.1, -0.05) is 24.3 Å². The fraction of sp³-hybridized carbons (Fsp3) is 0.188. The number of thiophene rings is 1. The number of para-hydroxylation sites is 1. The van der Waals surface area contributed by atoms with E-state index < -0.39 is 0 Å². The van der Waals surface area contributed by atoms with Crippen LogP contribution >= 0.6 is 27.3 Å². The van der Waals surface area contributed by atoms with Crippen molar-refractivity contribution in [2.24, 2.45) is 0 Å². The number of pyridine rings is 1. The van der Waals surface area contributed by atoms with Gasteiger partial charge >= 0.3 is 0 Å². The summed E-state index contributed by atoms with van der Waals surface area (Å²) in [6.07, 6.45) is 1.86. The zero-order valence-corrected chi connectivity index (χ0v) is 13.8. The Bertz CT molecular complexity index is 726. The van der Waals surface area contributed by atoms with E-state index in [0.29, 0.717) is 0 Å². The Labute approximate surface area is 131 Å². The monoisotopic (exact) mass is 346 g/mol. The summed E-state index contributed by atoms with van der Waals surface area (Å²) >= 11 is 5.39. The van der Waals surface area contributed by atoms with Crippen LogP contribution < -0.4 is 5.32 Å². The molecule has 0 aliphatic carbocycles. The van der Waals surface area contributed by atoms with Gasteiger partial charge in [-0.05, 0) is 47.6 Å². The van der Waals surface area contributed by atoms with Gasteiger partial charge in [-0.25, -0.2) is 0 Å². The molecule has 102 valence electrons. The highest BCUT2D eigenvalue weighted by Crippen LogP contribution is 2.35. The van der Waals surface area contributed by atoms with Gasteiger partial charge in [0.1, 0.15) is 0 Å². The van der Waals surface area contributed by atoms with Gasteiger partial charge in [0.25, 0.3) is 0 Å². The molecule has 0 spiro atoms. The maximum atomic E-state index is 4.56. The van der Waals surface area contributed by atoms with Crippen LogP contribution in [0.1, 0.15) is 22.0 Å². The molecule has 20 heavy (non-hydrogen) atoms. The molecule has 0 amide bonds. The van der Waals surface area contributed by atoms with E-state index in [2.05, 4.69) is 63.5 Å². The quantitative estimate of drug-likeness (QED) is 0.744. The molecule has 0 saturated heterocycles. The van der Waals surface area contributed by atoms with Crippen molar-refractivity contribution < 1.29 is 0 Å². The van der Waals surface area contributed by atoms with Gasteiger partial charge in [0.05, 0.1) is 15.3 Å². The lowest BCUT2D eigenvalue weighted by molar-refractivity contribution is 0.707. The predicted octanol–water partition coefficient (Wildman–Crippen LogP) is 4.68. The fourth-order valence-corrected chi connectivity index (χ4v) is 4.14. The van der Waals surface area contributed by atoms with Crippen LogP contribution in [-0.4, -0.2) is 12.0 Å². The third-order valence-electron chi connectivity index (χ3n) is 3.42. The molecule has 2 heterocycles. The first-order valence-electron chi connectivity index (χ1n) is 6.47. The molecule has 0 aliphatic rings. The molecule has 1 unspecified atom stereocenters. The van der Waals surface area contributed by atoms with Crippen molar-refractivity contribution in [3.63, 3.8) is 0 Å². The SMILES string of the molecule is CNC(c1cc(C)c(Br)s1)c1cccc2cccnc12. The van der Waals surface area contributed by atoms with Crippen LogP contribution in [0.2, 0.25) is 0 Å². The predicted molar refractivity (Wildman–Crippen MR) is 89.4 cm³/mol. The normalized spacial score (nSPS) is 12.8. The maximum absolute atomic E-state index is 4.56. The number of nitrogens with one attached hydrogen (secondary N) is 1. The molecule has 1 aromatic carbocycles. The molecule has 2 nitrogen and oxygen atoms in total. The first-order valence-corrected chi connectivity index (χ1v) is 8.08. The standard InChI is InChI=1S/C16H15BrN2S/c1-10-9-13(20-16(10)17)15(18-2)12-7-3-5-11-6-4-8-19-14(11)12/h3-9,15,18H,1-2H3. The molecule has 3 aromatic rings. The Morgan fingerprint density at radius 1 is 1.25 bits per heavy atom. The Morgan fingerprint density at radius 2 is 2.05 bits per heavy atom. The highest BCUT2D eigenvalue weighted by Gasteiger charge is 2.18. The number of aromatic nitrogens is 1. The molecule has 1 N–H and O–H groups in total. The second-order valence-electron chi connectivity index (χ2n) is 4.75. The van der Waals surface area contributed by atoms with Crippen molar-refractivity contribution >= 4 is 38.2 Å². The maximum Gasteiger partial charge on any atom is 0.0753 e. The van der Waals surface area contributed by atoms with Crippen molar-refractivity contribution in [1.29, 1.82) is 0 Å². The number of fused-ring (bicyclic) bond motifs is 1. The number of hydrogen-bond acceptors (Lipinski definition) is 3. The lowest BCUT2D eigenvalue weighted by Gasteiger charge is -2.16. The number of hydrogen-bond donors (Lipinski definition) is 1. The van der Waals surface area contributed by atoms with E-state index in [1.54, 1.807) is 11.3 Å². The van der Waals surface area contributed by atoms with Crippen LogP contribution in [-0.2, 0) is 0 Å². The van der Waals surface area contributed by atoms with Gasteiger partial charge in [0, 0.05) is 22.0 Å². The second kappa shape index (κ2) is 5.64. The van der Waals surface area contributed by atoms with Crippen molar-refractivity contribution in [2.45, 2.75) is 13.0 Å². The van der Waals surface area contributed by atoms with E-state index in [4.69, 9.17) is 0 Å². The molecular weight excluding hydrogens is 332 g/mol. The summed E-state index contributed by atoms with van der Waals surface area (Å²) in [6, 6.07) is 12.8. The first kappa shape index (κ1) is 13.7. The summed E-state index contributed by atoms with van der Waals surface area (Å²) in [4.78, 5) is 5.86. The Hall–Kier alpha value is -1.23. The minimum Gasteiger partial charge on any atom is -0.309 e. The van der Waals surface area contributed by atoms with E-state index >= 15 is 0 Å². The Morgan fingerprint density at radius 3 is 2.75 bits per heavy atom. The molecule has 0 saturated carbocycles. The molecule has 0 fully saturated rings. The van der Waals surface area contributed by atoms with Gasteiger partial charge in [-0.3, -0.25) is 4.98 Å². The highest BCUT2D eigenvalue weighted by atomic mass is 79.9. The Balaban J connectivity index is 2.16. The molecule has 0 aliphatic heterocycles. The second-order valence-corrected chi connectivity index (χ2v) is 7.15. The number of benzene rings is 1. The summed E-state index contributed by atoms with van der Waals surface area (Å²) in [5, 5.41) is 4.60. The first-order chi connectivity index (χ1) is 9.70. The number of rotatable bonds is 3. The van der Waals surface area contributed by atoms with Gasteiger partial charge < -0.3 is 5.32 Å². The summed E-state index contributed by atoms with van der Waals surface area (Å²) in [7, 11) is 2.00. The van der Waals surface area contributed by atoms with E-state index in [1.807, 2.05) is 19.3 Å². The average molecular weight is 347 g/mol. The lowest BCUT2D eigenvalue weighted by Crippen LogP contribution is -2.17. The highest BCUT2D eigenvalue weighted by molar-refractivity contribution is 9.11. The summed E-state index contributed by atoms with van der Waals surface area (Å²) < 4.78 is 1.20. The van der Waals surface area contributed by atoms with Gasteiger partial charge in [0.15, 0.2) is 0 Å². The zero-order valence-electron chi connectivity index (χ0n) is 11.4. The van der Waals surface area contributed by atoms with Crippen LogP contribution in [0, 0.1) is 6.92 Å². The smallest absolute Gasteiger partial charge is 0.0753 e. The van der Waals surface area contributed by atoms with E-state index in [0.717, 1.165) is 5.52 Å². The van der Waals surface area contributed by atoms with Crippen LogP contribution in [0.5, 0.6) is 0 Å². The van der Waals surface area contributed by atoms with E-state index in [9.17, 15) is 0 Å². The number of halogens is 1. The minimum absolute atomic E-state index is 0.170. The topological polar surface area (TPSA) is 24.9 Å². The summed E-state index contributed by atoms with van der Waals surface area (Å²) in [5.41, 5.74) is 3.56. The molecule has 0 radical (unpaired) electrons. The molecule has 2 aromatic heterocycles. The van der Waals surface area contributed by atoms with Gasteiger partial charge in [-0.15, -0.1) is 11.3 Å². The van der Waals surface area contributed by atoms with Crippen molar-refractivity contribution in [1.82, 2.24) is 10.3 Å². The van der Waals surface area contributed by atoms with Crippen LogP contribution in [0.3, 0.4) is 0 Å². The van der Waals surface area contributed by atoms with Gasteiger partial charge in [0.2, 0.25) is 0 Å². The molecule has 0 bridgehead atoms. The summed E-state index contributed by atoms with van der Waals surface area (Å²) in [6.45, 7) is 2.12. The molecular formula is C16H15BrN2S. The third-order valence-corrected chi connectivity index (χ3v) is 5.63.